The van der Waals surface area contributed by atoms with E-state index < -0.39 is 0 Å². The molecule has 1 aliphatic heterocycles. The fourth-order valence-electron chi connectivity index (χ4n) is 6.35. The van der Waals surface area contributed by atoms with Gasteiger partial charge in [0.2, 0.25) is 0 Å². The minimum Gasteiger partial charge on any atom is -0.496 e. The zero-order valence-corrected chi connectivity index (χ0v) is 24.2. The van der Waals surface area contributed by atoms with Crippen molar-refractivity contribution in [1.82, 2.24) is 29.5 Å². The molecule has 0 amide bonds. The molecule has 3 N–H and O–H groups in total. The predicted molar refractivity (Wildman–Crippen MR) is 162 cm³/mol. The second kappa shape index (κ2) is 11.9. The number of nitrogens with zero attached hydrogens (tertiary/aromatic N) is 6. The van der Waals surface area contributed by atoms with Crippen LogP contribution in [0.15, 0.2) is 48.8 Å². The van der Waals surface area contributed by atoms with Crippen molar-refractivity contribution in [3.05, 3.63) is 54.4 Å². The van der Waals surface area contributed by atoms with Crippen molar-refractivity contribution in [2.45, 2.75) is 44.3 Å². The average Bonchev–Trinajstić information content (AvgIpc) is 3.41. The molecule has 10 nitrogen and oxygen atoms in total. The van der Waals surface area contributed by atoms with Gasteiger partial charge >= 0.3 is 0 Å². The molecule has 0 bridgehead atoms. The van der Waals surface area contributed by atoms with Crippen molar-refractivity contribution in [1.29, 1.82) is 0 Å². The fraction of sp³-hybridized carbons (Fsp3) is 0.452. The molecule has 1 aliphatic carbocycles. The Bertz CT molecular complexity index is 1450. The number of nitrogen functional groups attached to an aromatic ring is 1. The van der Waals surface area contributed by atoms with E-state index in [-0.39, 0.29) is 0 Å². The highest BCUT2D eigenvalue weighted by atomic mass is 16.5. The third kappa shape index (κ3) is 5.54. The quantitative estimate of drug-likeness (QED) is 0.326. The number of benzene rings is 2. The number of anilines is 2. The van der Waals surface area contributed by atoms with Crippen molar-refractivity contribution < 1.29 is 9.47 Å². The van der Waals surface area contributed by atoms with Crippen LogP contribution in [0.3, 0.4) is 0 Å². The molecule has 0 spiro atoms. The number of methoxy groups -OCH3 is 2. The number of likely N-dealkylation sites (N-methyl/N-ethyl adjacent to an activating group) is 1. The Labute approximate surface area is 241 Å². The molecule has 2 fully saturated rings. The number of hydrogen-bond acceptors (Lipinski definition) is 9. The molecule has 0 atom stereocenters. The van der Waals surface area contributed by atoms with Gasteiger partial charge in [0.05, 0.1) is 31.2 Å². The van der Waals surface area contributed by atoms with E-state index in [0.29, 0.717) is 24.4 Å². The zero-order chi connectivity index (χ0) is 28.3. The fourth-order valence-corrected chi connectivity index (χ4v) is 6.35. The van der Waals surface area contributed by atoms with Crippen LogP contribution in [0, 0.1) is 0 Å². The van der Waals surface area contributed by atoms with Crippen LogP contribution in [0.25, 0.3) is 22.3 Å². The minimum absolute atomic E-state index is 0.307. The summed E-state index contributed by atoms with van der Waals surface area (Å²) in [4.78, 5) is 14.1. The summed E-state index contributed by atoms with van der Waals surface area (Å²) < 4.78 is 13.2. The van der Waals surface area contributed by atoms with Gasteiger partial charge in [0, 0.05) is 50.0 Å². The number of nitrogens with one attached hydrogen (secondary N) is 1. The maximum absolute atomic E-state index is 6.41. The Morgan fingerprint density at radius 2 is 1.54 bits per heavy atom. The van der Waals surface area contributed by atoms with Crippen LogP contribution in [-0.4, -0.2) is 83.0 Å². The summed E-state index contributed by atoms with van der Waals surface area (Å²) in [5, 5.41) is 9.43. The average molecular weight is 557 g/mol. The first-order valence-corrected chi connectivity index (χ1v) is 14.5. The Hall–Kier alpha value is -3.89. The number of nitrogens with two attached hydrogens (primary N) is 1. The van der Waals surface area contributed by atoms with Crippen molar-refractivity contribution in [2.75, 3.05) is 58.5 Å². The van der Waals surface area contributed by atoms with Crippen LogP contribution in [0.2, 0.25) is 0 Å². The van der Waals surface area contributed by atoms with Crippen molar-refractivity contribution in [2.24, 2.45) is 0 Å². The molecule has 6 rings (SSSR count). The molecule has 2 aromatic carbocycles. The zero-order valence-electron chi connectivity index (χ0n) is 24.2. The molecule has 1 saturated carbocycles. The number of fused-ring (bicyclic) bond motifs is 1. The highest BCUT2D eigenvalue weighted by Gasteiger charge is 2.30. The lowest BCUT2D eigenvalue weighted by atomic mass is 9.90. The maximum atomic E-state index is 6.41. The van der Waals surface area contributed by atoms with Crippen molar-refractivity contribution >= 4 is 22.5 Å². The smallest absolute Gasteiger partial charge is 0.164 e. The molecule has 2 aliphatic rings. The van der Waals surface area contributed by atoms with Crippen molar-refractivity contribution in [3.8, 4) is 22.8 Å². The highest BCUT2D eigenvalue weighted by molar-refractivity contribution is 5.98. The van der Waals surface area contributed by atoms with Crippen LogP contribution >= 0.6 is 0 Å². The second-order valence-corrected chi connectivity index (χ2v) is 11.1. The third-order valence-corrected chi connectivity index (χ3v) is 8.74. The van der Waals surface area contributed by atoms with E-state index in [1.165, 1.54) is 25.9 Å². The Kier molecular flexibility index (Phi) is 7.93. The van der Waals surface area contributed by atoms with Gasteiger partial charge < -0.3 is 25.4 Å². The summed E-state index contributed by atoms with van der Waals surface area (Å²) in [5.41, 5.74) is 11.0. The first-order chi connectivity index (χ1) is 20.1. The molecule has 2 aromatic heterocycles. The number of rotatable bonds is 8. The number of hydrogen-bond donors (Lipinski definition) is 2. The van der Waals surface area contributed by atoms with Gasteiger partial charge in [-0.3, -0.25) is 4.90 Å². The number of ether oxygens (including phenoxy) is 2. The van der Waals surface area contributed by atoms with E-state index in [1.54, 1.807) is 20.5 Å². The Balaban J connectivity index is 1.20. The van der Waals surface area contributed by atoms with Crippen molar-refractivity contribution in [3.63, 3.8) is 0 Å². The summed E-state index contributed by atoms with van der Waals surface area (Å²) in [6, 6.07) is 15.0. The van der Waals surface area contributed by atoms with E-state index >= 15 is 0 Å². The lowest BCUT2D eigenvalue weighted by molar-refractivity contribution is 0.0815. The molecule has 0 radical (unpaired) electrons. The molecule has 3 heterocycles. The molecule has 216 valence electrons. The largest absolute Gasteiger partial charge is 0.496 e. The molecule has 4 aromatic rings. The minimum atomic E-state index is 0.307. The van der Waals surface area contributed by atoms with Crippen LogP contribution in [0.4, 0.5) is 11.5 Å². The van der Waals surface area contributed by atoms with Gasteiger partial charge in [-0.1, -0.05) is 18.2 Å². The summed E-state index contributed by atoms with van der Waals surface area (Å²) in [6.45, 7) is 5.23. The summed E-state index contributed by atoms with van der Waals surface area (Å²) in [5.74, 6) is 2.05. The molecule has 1 saturated heterocycles. The molecule has 10 heteroatoms. The molecule has 0 unspecified atom stereocenters. The van der Waals surface area contributed by atoms with Gasteiger partial charge in [-0.05, 0) is 57.0 Å². The van der Waals surface area contributed by atoms with Gasteiger partial charge in [0.1, 0.15) is 29.3 Å². The van der Waals surface area contributed by atoms with Gasteiger partial charge in [-0.2, -0.15) is 5.10 Å². The molecular weight excluding hydrogens is 516 g/mol. The van der Waals surface area contributed by atoms with Crippen LogP contribution in [0.5, 0.6) is 11.5 Å². The number of piperazine rings is 1. The third-order valence-electron chi connectivity index (χ3n) is 8.74. The van der Waals surface area contributed by atoms with E-state index in [0.717, 1.165) is 71.0 Å². The Morgan fingerprint density at radius 1 is 0.878 bits per heavy atom. The molecular formula is C31H40N8O2. The van der Waals surface area contributed by atoms with E-state index in [2.05, 4.69) is 61.1 Å². The van der Waals surface area contributed by atoms with Gasteiger partial charge in [0.25, 0.3) is 0 Å². The summed E-state index contributed by atoms with van der Waals surface area (Å²) in [7, 11) is 5.56. The normalized spacial score (nSPS) is 20.3. The summed E-state index contributed by atoms with van der Waals surface area (Å²) >= 11 is 0. The standard InChI is InChI=1S/C31H40N8O2/c1-37-15-17-38(18-16-37)23-11-13-24(14-12-23)39-31-28(30(32)34-20-35-31)29(36-39)21-7-9-22(10-8-21)33-19-25-26(40-2)5-4-6-27(25)41-3/h4-10,20,23-24,33H,11-19H2,1-3H3,(H2,32,34,35)/t23-,24-. The van der Waals surface area contributed by atoms with Gasteiger partial charge in [-0.15, -0.1) is 0 Å². The summed E-state index contributed by atoms with van der Waals surface area (Å²) in [6.07, 6.45) is 6.10. The first kappa shape index (κ1) is 27.3. The van der Waals surface area contributed by atoms with Crippen LogP contribution < -0.4 is 20.5 Å². The first-order valence-electron chi connectivity index (χ1n) is 14.5. The second-order valence-electron chi connectivity index (χ2n) is 11.1. The van der Waals surface area contributed by atoms with E-state index in [1.807, 2.05) is 18.2 Å². The van der Waals surface area contributed by atoms with Crippen LogP contribution in [0.1, 0.15) is 37.3 Å². The highest BCUT2D eigenvalue weighted by Crippen LogP contribution is 2.37. The predicted octanol–water partition coefficient (Wildman–Crippen LogP) is 4.44. The van der Waals surface area contributed by atoms with Crippen LogP contribution in [-0.2, 0) is 6.54 Å². The topological polar surface area (TPSA) is 107 Å². The lowest BCUT2D eigenvalue weighted by Gasteiger charge is -2.41. The molecule has 41 heavy (non-hydrogen) atoms. The Morgan fingerprint density at radius 3 is 2.20 bits per heavy atom. The maximum Gasteiger partial charge on any atom is 0.164 e. The van der Waals surface area contributed by atoms with E-state index in [9.17, 15) is 0 Å². The van der Waals surface area contributed by atoms with Gasteiger partial charge in [0.15, 0.2) is 5.65 Å². The van der Waals surface area contributed by atoms with Gasteiger partial charge in [-0.25, -0.2) is 14.6 Å². The lowest BCUT2D eigenvalue weighted by Crippen LogP contribution is -2.49. The number of aromatic nitrogens is 4. The monoisotopic (exact) mass is 556 g/mol. The SMILES string of the molecule is COc1cccc(OC)c1CNc1ccc(-c2nn([C@H]3CC[C@H](N4CCN(C)CC4)CC3)c3ncnc(N)c23)cc1. The van der Waals surface area contributed by atoms with E-state index in [4.69, 9.17) is 20.3 Å².